The van der Waals surface area contributed by atoms with Gasteiger partial charge in [-0.15, -0.1) is 0 Å². The van der Waals surface area contributed by atoms with Crippen LogP contribution < -0.4 is 20.9 Å². The van der Waals surface area contributed by atoms with Crippen LogP contribution in [0.5, 0.6) is 11.5 Å². The third kappa shape index (κ3) is 5.29. The second kappa shape index (κ2) is 10.3. The van der Waals surface area contributed by atoms with Gasteiger partial charge in [-0.05, 0) is 68.3 Å². The van der Waals surface area contributed by atoms with Crippen molar-refractivity contribution in [3.63, 3.8) is 0 Å². The van der Waals surface area contributed by atoms with Crippen LogP contribution in [0.1, 0.15) is 28.9 Å². The molecular weight excluding hydrogens is 532 g/mol. The highest BCUT2D eigenvalue weighted by Crippen LogP contribution is 2.31. The maximum atomic E-state index is 14.9. The monoisotopic (exact) mass is 555 g/mol. The predicted octanol–water partition coefficient (Wildman–Crippen LogP) is 5.46. The number of carbonyl (C=O) groups excluding carboxylic acids is 2. The second-order valence-electron chi connectivity index (χ2n) is 9.70. The number of pyridine rings is 2. The van der Waals surface area contributed by atoms with Crippen molar-refractivity contribution in [2.24, 2.45) is 5.92 Å². The number of hydrogen-bond donors (Lipinski definition) is 2. The third-order valence-corrected chi connectivity index (χ3v) is 6.66. The van der Waals surface area contributed by atoms with Gasteiger partial charge < -0.3 is 19.8 Å². The Bertz CT molecular complexity index is 1890. The van der Waals surface area contributed by atoms with Gasteiger partial charge in [-0.3, -0.25) is 19.0 Å². The summed E-state index contributed by atoms with van der Waals surface area (Å²) in [5.74, 6) is -1.51. The summed E-state index contributed by atoms with van der Waals surface area (Å²) in [5, 5.41) is 5.29. The smallest absolute Gasteiger partial charge is 0.268 e. The SMILES string of the molecule is Cc1ccc(C(=O)Nc2ccc(Oc3ccc4nc(NC(=O)C5CC5)cn4c3)c(F)c2)c(=O)n1-c1ccccc1F. The summed E-state index contributed by atoms with van der Waals surface area (Å²) >= 11 is 0. The van der Waals surface area contributed by atoms with Crippen molar-refractivity contribution in [3.05, 3.63) is 112 Å². The van der Waals surface area contributed by atoms with Gasteiger partial charge in [0.2, 0.25) is 5.91 Å². The first kappa shape index (κ1) is 25.9. The Morgan fingerprint density at radius 3 is 2.51 bits per heavy atom. The highest BCUT2D eigenvalue weighted by molar-refractivity contribution is 6.04. The Hall–Kier alpha value is -5.32. The molecule has 0 unspecified atom stereocenters. The number of halogens is 2. The van der Waals surface area contributed by atoms with E-state index in [0.29, 0.717) is 22.9 Å². The number of anilines is 2. The van der Waals surface area contributed by atoms with E-state index in [1.165, 1.54) is 42.5 Å². The lowest BCUT2D eigenvalue weighted by molar-refractivity contribution is -0.117. The Morgan fingerprint density at radius 1 is 0.951 bits per heavy atom. The molecule has 0 bridgehead atoms. The number of para-hydroxylation sites is 1. The van der Waals surface area contributed by atoms with Crippen molar-refractivity contribution in [2.75, 3.05) is 10.6 Å². The average molecular weight is 556 g/mol. The fraction of sp³-hybridized carbons (Fsp3) is 0.133. The quantitative estimate of drug-likeness (QED) is 0.277. The van der Waals surface area contributed by atoms with Gasteiger partial charge in [-0.1, -0.05) is 12.1 Å². The lowest BCUT2D eigenvalue weighted by atomic mass is 10.2. The van der Waals surface area contributed by atoms with Crippen LogP contribution in [0.3, 0.4) is 0 Å². The highest BCUT2D eigenvalue weighted by Gasteiger charge is 2.30. The predicted molar refractivity (Wildman–Crippen MR) is 148 cm³/mol. The molecule has 2 amide bonds. The molecule has 5 aromatic rings. The molecule has 2 N–H and O–H groups in total. The van der Waals surface area contributed by atoms with Gasteiger partial charge in [0.05, 0.1) is 18.1 Å². The number of aromatic nitrogens is 3. The van der Waals surface area contributed by atoms with Gasteiger partial charge in [0.1, 0.15) is 22.8 Å². The molecule has 2 aromatic carbocycles. The average Bonchev–Trinajstić information content (AvgIpc) is 3.72. The van der Waals surface area contributed by atoms with Crippen LogP contribution >= 0.6 is 0 Å². The molecule has 0 saturated heterocycles. The van der Waals surface area contributed by atoms with E-state index in [4.69, 9.17) is 4.74 Å². The Kier molecular flexibility index (Phi) is 6.54. The summed E-state index contributed by atoms with van der Waals surface area (Å²) in [7, 11) is 0. The molecule has 1 aliphatic rings. The molecule has 1 aliphatic carbocycles. The minimum Gasteiger partial charge on any atom is -0.453 e. The molecule has 206 valence electrons. The minimum absolute atomic E-state index is 0.0188. The largest absolute Gasteiger partial charge is 0.453 e. The number of ether oxygens (including phenoxy) is 1. The molecule has 0 radical (unpaired) electrons. The number of carbonyl (C=O) groups is 2. The van der Waals surface area contributed by atoms with Gasteiger partial charge in [0, 0.05) is 23.4 Å². The second-order valence-corrected chi connectivity index (χ2v) is 9.70. The van der Waals surface area contributed by atoms with Crippen LogP contribution in [0.25, 0.3) is 11.3 Å². The van der Waals surface area contributed by atoms with Crippen molar-refractivity contribution >= 4 is 29.0 Å². The lowest BCUT2D eigenvalue weighted by Crippen LogP contribution is -2.29. The number of nitrogens with one attached hydrogen (secondary N) is 2. The lowest BCUT2D eigenvalue weighted by Gasteiger charge is -2.13. The van der Waals surface area contributed by atoms with Crippen LogP contribution in [0.15, 0.2) is 83.9 Å². The molecule has 0 spiro atoms. The zero-order valence-corrected chi connectivity index (χ0v) is 21.7. The normalized spacial score (nSPS) is 12.8. The first-order chi connectivity index (χ1) is 19.8. The van der Waals surface area contributed by atoms with Gasteiger partial charge in [-0.25, -0.2) is 13.8 Å². The van der Waals surface area contributed by atoms with Crippen molar-refractivity contribution in [1.82, 2.24) is 14.0 Å². The number of imidazole rings is 1. The van der Waals surface area contributed by atoms with Crippen molar-refractivity contribution in [1.29, 1.82) is 0 Å². The maximum absolute atomic E-state index is 14.9. The van der Waals surface area contributed by atoms with E-state index in [1.54, 1.807) is 41.9 Å². The summed E-state index contributed by atoms with van der Waals surface area (Å²) in [6.07, 6.45) is 5.00. The number of rotatable bonds is 7. The van der Waals surface area contributed by atoms with E-state index in [9.17, 15) is 23.2 Å². The minimum atomic E-state index is -0.775. The standard InChI is InChI=1S/C30H23F2N5O4/c1-17-6-11-21(30(40)37(17)24-5-3-2-4-22(24)31)29(39)33-19-9-12-25(23(32)14-19)41-20-10-13-27-34-26(16-36(27)15-20)35-28(38)18-7-8-18/h2-6,9-16,18H,7-8H2,1H3,(H,33,39)(H,35,38). The van der Waals surface area contributed by atoms with Crippen LogP contribution in [0.4, 0.5) is 20.3 Å². The van der Waals surface area contributed by atoms with E-state index >= 15 is 0 Å². The number of benzene rings is 2. The summed E-state index contributed by atoms with van der Waals surface area (Å²) in [5.41, 5.74) is 0.187. The van der Waals surface area contributed by atoms with Crippen LogP contribution in [-0.2, 0) is 4.79 Å². The topological polar surface area (TPSA) is 107 Å². The first-order valence-corrected chi connectivity index (χ1v) is 12.8. The van der Waals surface area contributed by atoms with Crippen molar-refractivity contribution in [3.8, 4) is 17.2 Å². The molecule has 6 rings (SSSR count). The van der Waals surface area contributed by atoms with Crippen LogP contribution in [-0.4, -0.2) is 25.8 Å². The van der Waals surface area contributed by atoms with Gasteiger partial charge >= 0.3 is 0 Å². The maximum Gasteiger partial charge on any atom is 0.268 e. The molecular formula is C30H23F2N5O4. The molecule has 0 atom stereocenters. The third-order valence-electron chi connectivity index (χ3n) is 6.66. The summed E-state index contributed by atoms with van der Waals surface area (Å²) in [6.45, 7) is 1.63. The number of fused-ring (bicyclic) bond motifs is 1. The zero-order chi connectivity index (χ0) is 28.7. The Balaban J connectivity index is 1.18. The van der Waals surface area contributed by atoms with Crippen molar-refractivity contribution < 1.29 is 23.1 Å². The Labute approximate surface area is 232 Å². The molecule has 1 saturated carbocycles. The molecule has 41 heavy (non-hydrogen) atoms. The molecule has 11 heteroatoms. The number of aryl methyl sites for hydroxylation is 1. The van der Waals surface area contributed by atoms with E-state index in [-0.39, 0.29) is 34.5 Å². The van der Waals surface area contributed by atoms with Gasteiger partial charge in [-0.2, -0.15) is 0 Å². The van der Waals surface area contributed by atoms with Gasteiger partial charge in [0.25, 0.3) is 11.5 Å². The molecule has 9 nitrogen and oxygen atoms in total. The van der Waals surface area contributed by atoms with Crippen LogP contribution in [0.2, 0.25) is 0 Å². The summed E-state index contributed by atoms with van der Waals surface area (Å²) in [4.78, 5) is 42.4. The molecule has 1 fully saturated rings. The van der Waals surface area contributed by atoms with E-state index in [0.717, 1.165) is 23.5 Å². The molecule has 0 aliphatic heterocycles. The molecule has 3 aromatic heterocycles. The highest BCUT2D eigenvalue weighted by atomic mass is 19.1. The molecule has 3 heterocycles. The van der Waals surface area contributed by atoms with Crippen molar-refractivity contribution in [2.45, 2.75) is 19.8 Å². The van der Waals surface area contributed by atoms with E-state index in [2.05, 4.69) is 15.6 Å². The van der Waals surface area contributed by atoms with E-state index < -0.39 is 23.1 Å². The Morgan fingerprint density at radius 2 is 1.76 bits per heavy atom. The number of nitrogens with zero attached hydrogens (tertiary/aromatic N) is 3. The number of amides is 2. The summed E-state index contributed by atoms with van der Waals surface area (Å²) < 4.78 is 37.8. The van der Waals surface area contributed by atoms with Gasteiger partial charge in [0.15, 0.2) is 17.4 Å². The fourth-order valence-corrected chi connectivity index (χ4v) is 4.39. The fourth-order valence-electron chi connectivity index (χ4n) is 4.39. The zero-order valence-electron chi connectivity index (χ0n) is 21.7. The van der Waals surface area contributed by atoms with Crippen LogP contribution in [0, 0.1) is 24.5 Å². The number of hydrogen-bond acceptors (Lipinski definition) is 5. The first-order valence-electron chi connectivity index (χ1n) is 12.8. The summed E-state index contributed by atoms with van der Waals surface area (Å²) in [6, 6.07) is 15.7. The van der Waals surface area contributed by atoms with E-state index in [1.807, 2.05) is 0 Å².